The maximum Gasteiger partial charge on any atom is 0.338 e. The Bertz CT molecular complexity index is 1680. The number of nitrogens with zero attached hydrogens (tertiary/aromatic N) is 3. The van der Waals surface area contributed by atoms with Gasteiger partial charge in [-0.2, -0.15) is 0 Å². The van der Waals surface area contributed by atoms with Crippen molar-refractivity contribution in [1.29, 1.82) is 0 Å². The highest BCUT2D eigenvalue weighted by Crippen LogP contribution is 2.35. The average molecular weight is 530 g/mol. The normalized spacial score (nSPS) is 17.8. The number of hydrogen-bond donors (Lipinski definition) is 0. The summed E-state index contributed by atoms with van der Waals surface area (Å²) in [7, 11) is 1.57. The molecule has 0 radical (unpaired) electrons. The lowest BCUT2D eigenvalue weighted by molar-refractivity contribution is -0.143. The number of amides is 1. The Labute approximate surface area is 223 Å². The molecule has 0 saturated heterocycles. The van der Waals surface area contributed by atoms with Crippen molar-refractivity contribution in [2.75, 3.05) is 18.6 Å². The smallest absolute Gasteiger partial charge is 0.338 e. The zero-order chi connectivity index (χ0) is 27.1. The number of thiazole rings is 1. The number of carbonyl (C=O) groups is 2. The van der Waals surface area contributed by atoms with Crippen LogP contribution in [0.25, 0.3) is 5.57 Å². The molecule has 194 valence electrons. The highest BCUT2D eigenvalue weighted by Gasteiger charge is 2.37. The Morgan fingerprint density at radius 2 is 1.87 bits per heavy atom. The Morgan fingerprint density at radius 1 is 1.16 bits per heavy atom. The van der Waals surface area contributed by atoms with Gasteiger partial charge in [0.15, 0.2) is 4.80 Å². The second-order valence-corrected chi connectivity index (χ2v) is 10.2. The van der Waals surface area contributed by atoms with Crippen molar-refractivity contribution in [2.24, 2.45) is 4.99 Å². The number of rotatable bonds is 6. The zero-order valence-electron chi connectivity index (χ0n) is 21.6. The van der Waals surface area contributed by atoms with Crippen LogP contribution in [-0.2, 0) is 14.3 Å². The summed E-state index contributed by atoms with van der Waals surface area (Å²) in [5.41, 5.74) is 2.77. The molecule has 5 rings (SSSR count). The lowest BCUT2D eigenvalue weighted by atomic mass is 9.95. The van der Waals surface area contributed by atoms with E-state index in [4.69, 9.17) is 9.47 Å². The molecule has 3 aromatic rings. The topological polar surface area (TPSA) is 90.2 Å². The standard InChI is InChI=1S/C29H27N3O5S/c1-6-15-31-21-10-8-7-9-20(21)23(26(31)33)25-27(34)32-24(18-11-13-19(36-5)14-12-18)22(28(35)37-16(2)3)17(4)30-29(32)38-25/h6-14,16,24H,1,15H2,2-5H3/b25-23+/t24-/m1/s1. The molecule has 0 spiro atoms. The Balaban J connectivity index is 1.79. The Morgan fingerprint density at radius 3 is 2.53 bits per heavy atom. The molecule has 0 fully saturated rings. The van der Waals surface area contributed by atoms with E-state index in [0.717, 1.165) is 17.0 Å². The predicted molar refractivity (Wildman–Crippen MR) is 146 cm³/mol. The summed E-state index contributed by atoms with van der Waals surface area (Å²) >= 11 is 1.15. The van der Waals surface area contributed by atoms with Crippen LogP contribution in [-0.4, -0.2) is 36.2 Å². The van der Waals surface area contributed by atoms with Gasteiger partial charge in [-0.1, -0.05) is 47.7 Å². The third kappa shape index (κ3) is 4.09. The summed E-state index contributed by atoms with van der Waals surface area (Å²) in [4.78, 5) is 47.6. The number of allylic oxidation sites excluding steroid dienone is 1. The molecule has 1 aromatic heterocycles. The fraction of sp³-hybridized carbons (Fsp3) is 0.241. The van der Waals surface area contributed by atoms with Crippen LogP contribution >= 0.6 is 11.3 Å². The monoisotopic (exact) mass is 529 g/mol. The quantitative estimate of drug-likeness (QED) is 0.362. The molecule has 1 amide bonds. The molecule has 38 heavy (non-hydrogen) atoms. The van der Waals surface area contributed by atoms with Gasteiger partial charge in [0.05, 0.1) is 41.8 Å². The number of esters is 1. The molecule has 2 aliphatic rings. The van der Waals surface area contributed by atoms with Crippen LogP contribution in [0, 0.1) is 0 Å². The number of hydrogen-bond acceptors (Lipinski definition) is 7. The summed E-state index contributed by atoms with van der Waals surface area (Å²) in [6.07, 6.45) is 1.30. The molecule has 0 aliphatic carbocycles. The van der Waals surface area contributed by atoms with Gasteiger partial charge in [-0.25, -0.2) is 9.79 Å². The molecule has 0 N–H and O–H groups in total. The second kappa shape index (κ2) is 9.90. The third-order valence-corrected chi connectivity index (χ3v) is 7.51. The van der Waals surface area contributed by atoms with Crippen LogP contribution in [0.4, 0.5) is 5.69 Å². The van der Waals surface area contributed by atoms with E-state index in [1.807, 2.05) is 36.4 Å². The van der Waals surface area contributed by atoms with Gasteiger partial charge in [0.25, 0.3) is 11.5 Å². The summed E-state index contributed by atoms with van der Waals surface area (Å²) < 4.78 is 12.6. The van der Waals surface area contributed by atoms with Crippen LogP contribution in [0.2, 0.25) is 0 Å². The molecule has 0 unspecified atom stereocenters. The first-order chi connectivity index (χ1) is 18.3. The fourth-order valence-corrected chi connectivity index (χ4v) is 5.96. The molecule has 0 bridgehead atoms. The van der Waals surface area contributed by atoms with Gasteiger partial charge in [-0.3, -0.25) is 14.2 Å². The van der Waals surface area contributed by atoms with Gasteiger partial charge in [-0.05, 0) is 44.5 Å². The summed E-state index contributed by atoms with van der Waals surface area (Å²) in [5.74, 6) is -0.169. The van der Waals surface area contributed by atoms with E-state index < -0.39 is 17.6 Å². The van der Waals surface area contributed by atoms with Crippen molar-refractivity contribution in [2.45, 2.75) is 32.9 Å². The van der Waals surface area contributed by atoms with Gasteiger partial charge in [-0.15, -0.1) is 6.58 Å². The minimum atomic E-state index is -0.784. The number of ether oxygens (including phenoxy) is 2. The van der Waals surface area contributed by atoms with Crippen molar-refractivity contribution in [3.63, 3.8) is 0 Å². The first-order valence-corrected chi connectivity index (χ1v) is 13.0. The minimum absolute atomic E-state index is 0.271. The van der Waals surface area contributed by atoms with E-state index >= 15 is 0 Å². The maximum absolute atomic E-state index is 14.1. The van der Waals surface area contributed by atoms with Gasteiger partial charge < -0.3 is 14.4 Å². The van der Waals surface area contributed by atoms with Crippen molar-refractivity contribution in [1.82, 2.24) is 4.57 Å². The van der Waals surface area contributed by atoms with Gasteiger partial charge in [0, 0.05) is 12.1 Å². The first-order valence-electron chi connectivity index (χ1n) is 12.2. The van der Waals surface area contributed by atoms with Crippen molar-refractivity contribution < 1.29 is 19.1 Å². The minimum Gasteiger partial charge on any atom is -0.497 e. The van der Waals surface area contributed by atoms with Gasteiger partial charge in [0.1, 0.15) is 10.3 Å². The lowest BCUT2D eigenvalue weighted by Gasteiger charge is -2.25. The fourth-order valence-electron chi connectivity index (χ4n) is 4.82. The third-order valence-electron chi connectivity index (χ3n) is 6.45. The van der Waals surface area contributed by atoms with E-state index in [-0.39, 0.29) is 22.1 Å². The Kier molecular flexibility index (Phi) is 6.62. The number of benzene rings is 2. The number of methoxy groups -OCH3 is 1. The largest absolute Gasteiger partial charge is 0.497 e. The summed E-state index contributed by atoms with van der Waals surface area (Å²) in [5, 5.41) is 0. The van der Waals surface area contributed by atoms with E-state index in [1.165, 1.54) is 4.57 Å². The highest BCUT2D eigenvalue weighted by molar-refractivity contribution is 7.07. The van der Waals surface area contributed by atoms with Crippen molar-refractivity contribution in [3.05, 3.63) is 103 Å². The molecule has 3 heterocycles. The van der Waals surface area contributed by atoms with E-state index in [1.54, 1.807) is 51.0 Å². The van der Waals surface area contributed by atoms with Crippen LogP contribution in [0.15, 0.2) is 82.2 Å². The molecule has 8 nitrogen and oxygen atoms in total. The second-order valence-electron chi connectivity index (χ2n) is 9.23. The number of fused-ring (bicyclic) bond motifs is 2. The maximum atomic E-state index is 14.1. The SMILES string of the molecule is C=CCN1C(=O)/C(=c2/sc3n(c2=O)[C@H](c2ccc(OC)cc2)C(C(=O)OC(C)C)=C(C)N=3)c2ccccc21. The van der Waals surface area contributed by atoms with Gasteiger partial charge in [0.2, 0.25) is 0 Å². The lowest BCUT2D eigenvalue weighted by Crippen LogP contribution is -2.41. The number of carbonyl (C=O) groups excluding carboxylic acids is 2. The molecule has 9 heteroatoms. The average Bonchev–Trinajstić information content (AvgIpc) is 3.35. The molecular weight excluding hydrogens is 502 g/mol. The molecule has 2 aliphatic heterocycles. The van der Waals surface area contributed by atoms with Crippen molar-refractivity contribution in [3.8, 4) is 5.75 Å². The van der Waals surface area contributed by atoms with E-state index in [2.05, 4.69) is 11.6 Å². The predicted octanol–water partition coefficient (Wildman–Crippen LogP) is 3.10. The van der Waals surface area contributed by atoms with Crippen molar-refractivity contribution >= 4 is 34.5 Å². The Hall–Kier alpha value is -4.24. The number of anilines is 1. The highest BCUT2D eigenvalue weighted by atomic mass is 32.1. The van der Waals surface area contributed by atoms with Crippen LogP contribution in [0.3, 0.4) is 0 Å². The van der Waals surface area contributed by atoms with Crippen LogP contribution in [0.1, 0.15) is 37.9 Å². The van der Waals surface area contributed by atoms with Crippen LogP contribution in [0.5, 0.6) is 5.75 Å². The van der Waals surface area contributed by atoms with E-state index in [9.17, 15) is 14.4 Å². The molecular formula is C29H27N3O5S. The van der Waals surface area contributed by atoms with Gasteiger partial charge >= 0.3 is 5.97 Å². The summed E-state index contributed by atoms with van der Waals surface area (Å²) in [6.45, 7) is 9.36. The number of aromatic nitrogens is 1. The van der Waals surface area contributed by atoms with E-state index in [0.29, 0.717) is 39.5 Å². The molecule has 2 aromatic carbocycles. The number of para-hydroxylation sites is 1. The first kappa shape index (κ1) is 25.4. The molecule has 0 saturated carbocycles. The molecule has 1 atom stereocenters. The van der Waals surface area contributed by atoms with Crippen LogP contribution < -0.4 is 24.5 Å². The summed E-state index contributed by atoms with van der Waals surface area (Å²) in [6, 6.07) is 13.8. The zero-order valence-corrected chi connectivity index (χ0v) is 22.4.